The highest BCUT2D eigenvalue weighted by molar-refractivity contribution is 9.10. The molecule has 25 heavy (non-hydrogen) atoms. The van der Waals surface area contributed by atoms with E-state index in [4.69, 9.17) is 0 Å². The molecule has 1 amide bonds. The molecule has 1 aromatic carbocycles. The van der Waals surface area contributed by atoms with Crippen molar-refractivity contribution in [2.75, 3.05) is 36.4 Å². The highest BCUT2D eigenvalue weighted by Gasteiger charge is 2.30. The molecule has 1 fully saturated rings. The normalized spacial score (nSPS) is 16.5. The van der Waals surface area contributed by atoms with E-state index in [9.17, 15) is 9.18 Å². The van der Waals surface area contributed by atoms with Crippen molar-refractivity contribution in [3.63, 3.8) is 0 Å². The summed E-state index contributed by atoms with van der Waals surface area (Å²) in [6.45, 7) is 5.04. The van der Waals surface area contributed by atoms with Gasteiger partial charge in [-0.25, -0.2) is 14.4 Å². The van der Waals surface area contributed by atoms with Crippen LogP contribution in [0.5, 0.6) is 0 Å². The van der Waals surface area contributed by atoms with Crippen LogP contribution in [0.2, 0.25) is 0 Å². The lowest BCUT2D eigenvalue weighted by atomic mass is 10.2. The van der Waals surface area contributed by atoms with E-state index in [-0.39, 0.29) is 17.6 Å². The zero-order chi connectivity index (χ0) is 17.8. The van der Waals surface area contributed by atoms with Gasteiger partial charge in [0, 0.05) is 16.9 Å². The first kappa shape index (κ1) is 17.8. The molecule has 0 radical (unpaired) electrons. The highest BCUT2D eigenvalue weighted by Crippen LogP contribution is 2.19. The molecule has 3 rings (SSSR count). The zero-order valence-corrected chi connectivity index (χ0v) is 15.5. The van der Waals surface area contributed by atoms with Crippen LogP contribution in [-0.2, 0) is 4.79 Å². The number of hydrogen-bond donors (Lipinski definition) is 2. The van der Waals surface area contributed by atoms with Crippen molar-refractivity contribution >= 4 is 33.5 Å². The standard InChI is InChI=1S/C17H19BrFN5O/c1-12(16(25)22-15-4-3-13(18)11-14(15)19)23-7-9-24(10-8-23)17-20-5-2-6-21-17/h2-6,11-12H,7-10H2,1H3,(H,22,25)/p+1/t12-/m0/s1. The Morgan fingerprint density at radius 3 is 2.64 bits per heavy atom. The van der Waals surface area contributed by atoms with Gasteiger partial charge in [0.2, 0.25) is 5.95 Å². The minimum atomic E-state index is -0.448. The average molecular weight is 409 g/mol. The molecule has 0 bridgehead atoms. The molecule has 6 nitrogen and oxygen atoms in total. The smallest absolute Gasteiger partial charge is 0.282 e. The van der Waals surface area contributed by atoms with Gasteiger partial charge in [0.15, 0.2) is 6.04 Å². The number of piperazine rings is 1. The Morgan fingerprint density at radius 1 is 1.32 bits per heavy atom. The number of rotatable bonds is 4. The van der Waals surface area contributed by atoms with Crippen LogP contribution in [0.15, 0.2) is 41.1 Å². The molecule has 1 saturated heterocycles. The summed E-state index contributed by atoms with van der Waals surface area (Å²) in [7, 11) is 0. The van der Waals surface area contributed by atoms with E-state index in [0.717, 1.165) is 32.1 Å². The van der Waals surface area contributed by atoms with Crippen molar-refractivity contribution < 1.29 is 14.1 Å². The Kier molecular flexibility index (Phi) is 5.60. The Bertz CT molecular complexity index is 737. The minimum Gasteiger partial charge on any atom is -0.330 e. The van der Waals surface area contributed by atoms with E-state index >= 15 is 0 Å². The largest absolute Gasteiger partial charge is 0.330 e. The molecule has 2 heterocycles. The molecule has 1 aliphatic rings. The van der Waals surface area contributed by atoms with Gasteiger partial charge in [0.25, 0.3) is 5.91 Å². The monoisotopic (exact) mass is 408 g/mol. The van der Waals surface area contributed by atoms with Gasteiger partial charge in [-0.15, -0.1) is 0 Å². The van der Waals surface area contributed by atoms with E-state index in [1.807, 2.05) is 6.92 Å². The molecule has 1 aliphatic heterocycles. The lowest BCUT2D eigenvalue weighted by Crippen LogP contribution is -3.19. The fourth-order valence-electron chi connectivity index (χ4n) is 2.90. The third kappa shape index (κ3) is 4.32. The lowest BCUT2D eigenvalue weighted by Gasteiger charge is -2.34. The highest BCUT2D eigenvalue weighted by atomic mass is 79.9. The van der Waals surface area contributed by atoms with Gasteiger partial charge in [0.1, 0.15) is 5.82 Å². The molecular weight excluding hydrogens is 389 g/mol. The van der Waals surface area contributed by atoms with E-state index in [0.29, 0.717) is 4.47 Å². The summed E-state index contributed by atoms with van der Waals surface area (Å²) < 4.78 is 14.5. The molecular formula is C17H20BrFN5O+. The van der Waals surface area contributed by atoms with Gasteiger partial charge >= 0.3 is 0 Å². The number of hydrogen-bond acceptors (Lipinski definition) is 4. The second kappa shape index (κ2) is 7.88. The quantitative estimate of drug-likeness (QED) is 0.795. The predicted molar refractivity (Wildman–Crippen MR) is 97.1 cm³/mol. The molecule has 0 aliphatic carbocycles. The minimum absolute atomic E-state index is 0.180. The van der Waals surface area contributed by atoms with Crippen molar-refractivity contribution in [2.45, 2.75) is 13.0 Å². The first-order valence-corrected chi connectivity index (χ1v) is 8.96. The first-order chi connectivity index (χ1) is 12.0. The summed E-state index contributed by atoms with van der Waals surface area (Å²) in [5.41, 5.74) is 0.204. The maximum absolute atomic E-state index is 13.9. The second-order valence-electron chi connectivity index (χ2n) is 6.03. The Labute approximate surface area is 154 Å². The Hall–Kier alpha value is -2.06. The molecule has 8 heteroatoms. The third-order valence-electron chi connectivity index (χ3n) is 4.44. The van der Waals surface area contributed by atoms with Crippen LogP contribution in [0.3, 0.4) is 0 Å². The van der Waals surface area contributed by atoms with Crippen molar-refractivity contribution in [2.24, 2.45) is 0 Å². The number of nitrogens with one attached hydrogen (secondary N) is 2. The van der Waals surface area contributed by atoms with Crippen molar-refractivity contribution in [1.29, 1.82) is 0 Å². The van der Waals surface area contributed by atoms with Crippen molar-refractivity contribution in [3.05, 3.63) is 46.9 Å². The van der Waals surface area contributed by atoms with Gasteiger partial charge in [0.05, 0.1) is 31.9 Å². The summed E-state index contributed by atoms with van der Waals surface area (Å²) in [6, 6.07) is 6.13. The summed E-state index contributed by atoms with van der Waals surface area (Å²) >= 11 is 3.21. The Morgan fingerprint density at radius 2 is 2.00 bits per heavy atom. The average Bonchev–Trinajstić information content (AvgIpc) is 2.64. The summed E-state index contributed by atoms with van der Waals surface area (Å²) in [4.78, 5) is 24.3. The van der Waals surface area contributed by atoms with Crippen molar-refractivity contribution in [1.82, 2.24) is 9.97 Å². The molecule has 1 aromatic heterocycles. The molecule has 2 aromatic rings. The van der Waals surface area contributed by atoms with Gasteiger partial charge in [-0.2, -0.15) is 0 Å². The number of benzene rings is 1. The van der Waals surface area contributed by atoms with Crippen molar-refractivity contribution in [3.8, 4) is 0 Å². The van der Waals surface area contributed by atoms with Crippen LogP contribution in [0.4, 0.5) is 16.0 Å². The molecule has 0 saturated carbocycles. The number of quaternary nitrogens is 1. The number of carbonyl (C=O) groups is 1. The van der Waals surface area contributed by atoms with Gasteiger partial charge < -0.3 is 15.1 Å². The van der Waals surface area contributed by atoms with Gasteiger partial charge in [-0.3, -0.25) is 4.79 Å². The topological polar surface area (TPSA) is 62.6 Å². The van der Waals surface area contributed by atoms with Crippen LogP contribution >= 0.6 is 15.9 Å². The number of amides is 1. The maximum Gasteiger partial charge on any atom is 0.282 e. The number of aromatic nitrogens is 2. The van der Waals surface area contributed by atoms with Crippen LogP contribution in [-0.4, -0.2) is 48.1 Å². The predicted octanol–water partition coefficient (Wildman–Crippen LogP) is 1.11. The number of halogens is 2. The van der Waals surface area contributed by atoms with E-state index in [1.165, 1.54) is 11.0 Å². The van der Waals surface area contributed by atoms with E-state index in [1.54, 1.807) is 30.6 Å². The Balaban J connectivity index is 1.56. The first-order valence-electron chi connectivity index (χ1n) is 8.17. The molecule has 2 N–H and O–H groups in total. The molecule has 132 valence electrons. The van der Waals surface area contributed by atoms with Crippen LogP contribution in [0.25, 0.3) is 0 Å². The summed E-state index contributed by atoms with van der Waals surface area (Å²) in [5.74, 6) is 0.0900. The van der Waals surface area contributed by atoms with Crippen LogP contribution in [0, 0.1) is 5.82 Å². The third-order valence-corrected chi connectivity index (χ3v) is 4.93. The zero-order valence-electron chi connectivity index (χ0n) is 13.9. The molecule has 0 unspecified atom stereocenters. The second-order valence-corrected chi connectivity index (χ2v) is 6.94. The fraction of sp³-hybridized carbons (Fsp3) is 0.353. The number of carbonyl (C=O) groups excluding carboxylic acids is 1. The van der Waals surface area contributed by atoms with E-state index in [2.05, 4.69) is 36.1 Å². The van der Waals surface area contributed by atoms with Gasteiger partial charge in [-0.1, -0.05) is 15.9 Å². The maximum atomic E-state index is 13.9. The summed E-state index contributed by atoms with van der Waals surface area (Å²) in [6.07, 6.45) is 3.45. The SMILES string of the molecule is C[C@@H](C(=O)Nc1ccc(Br)cc1F)[NH+]1CCN(c2ncccn2)CC1. The van der Waals surface area contributed by atoms with Crippen LogP contribution < -0.4 is 15.1 Å². The number of nitrogens with zero attached hydrogens (tertiary/aromatic N) is 3. The fourth-order valence-corrected chi connectivity index (χ4v) is 3.23. The lowest BCUT2D eigenvalue weighted by molar-refractivity contribution is -0.914. The molecule has 1 atom stereocenters. The van der Waals surface area contributed by atoms with Crippen LogP contribution in [0.1, 0.15) is 6.92 Å². The summed E-state index contributed by atoms with van der Waals surface area (Å²) in [5, 5.41) is 2.68. The number of anilines is 2. The van der Waals surface area contributed by atoms with E-state index < -0.39 is 5.82 Å². The molecule has 0 spiro atoms. The van der Waals surface area contributed by atoms with Gasteiger partial charge in [-0.05, 0) is 31.2 Å².